The molecule has 0 unspecified atom stereocenters. The van der Waals surface area contributed by atoms with E-state index >= 15 is 0 Å². The number of aryl methyl sites for hydroxylation is 2. The molecule has 2 rings (SSSR count). The first-order valence-electron chi connectivity index (χ1n) is 4.84. The third-order valence-corrected chi connectivity index (χ3v) is 3.52. The Kier molecular flexibility index (Phi) is 2.36. The summed E-state index contributed by atoms with van der Waals surface area (Å²) >= 11 is 1.86. The molecule has 1 heterocycles. The summed E-state index contributed by atoms with van der Waals surface area (Å²) < 4.78 is 1.43. The van der Waals surface area contributed by atoms with Crippen LogP contribution in [-0.4, -0.2) is 0 Å². The van der Waals surface area contributed by atoms with E-state index < -0.39 is 0 Å². The summed E-state index contributed by atoms with van der Waals surface area (Å²) in [7, 11) is 0. The summed E-state index contributed by atoms with van der Waals surface area (Å²) in [4.78, 5) is 0. The van der Waals surface area contributed by atoms with Gasteiger partial charge in [0.1, 0.15) is 0 Å². The maximum Gasteiger partial charge on any atom is 0.0345 e. The van der Waals surface area contributed by atoms with Crippen molar-refractivity contribution in [2.75, 3.05) is 0 Å². The predicted octanol–water partition coefficient (Wildman–Crippen LogP) is 4.03. The van der Waals surface area contributed by atoms with Gasteiger partial charge in [0.25, 0.3) is 0 Å². The normalized spacial score (nSPS) is 10.9. The molecule has 0 fully saturated rings. The van der Waals surface area contributed by atoms with Crippen LogP contribution in [0.1, 0.15) is 25.0 Å². The van der Waals surface area contributed by atoms with E-state index in [9.17, 15) is 0 Å². The second-order valence-electron chi connectivity index (χ2n) is 3.30. The molecule has 68 valence electrons. The molecule has 0 radical (unpaired) electrons. The molecule has 0 amide bonds. The van der Waals surface area contributed by atoms with Gasteiger partial charge in [-0.25, -0.2) is 0 Å². The van der Waals surface area contributed by atoms with Gasteiger partial charge in [-0.2, -0.15) is 0 Å². The molecule has 2 aromatic rings. The molecule has 1 aromatic heterocycles. The van der Waals surface area contributed by atoms with Gasteiger partial charge in [-0.3, -0.25) is 0 Å². The summed E-state index contributed by atoms with van der Waals surface area (Å²) in [5.41, 5.74) is 2.94. The van der Waals surface area contributed by atoms with E-state index in [1.807, 2.05) is 11.3 Å². The molecule has 13 heavy (non-hydrogen) atoms. The van der Waals surface area contributed by atoms with Crippen molar-refractivity contribution < 1.29 is 0 Å². The molecule has 0 atom stereocenters. The first-order valence-corrected chi connectivity index (χ1v) is 5.72. The summed E-state index contributed by atoms with van der Waals surface area (Å²) in [6, 6.07) is 6.82. The van der Waals surface area contributed by atoms with Crippen molar-refractivity contribution in [1.82, 2.24) is 0 Å². The Morgan fingerprint density at radius 2 is 2.00 bits per heavy atom. The molecule has 0 aliphatic carbocycles. The predicted molar refractivity (Wildman–Crippen MR) is 60.6 cm³/mol. The summed E-state index contributed by atoms with van der Waals surface area (Å²) in [5, 5.41) is 3.75. The first kappa shape index (κ1) is 8.76. The molecule has 0 N–H and O–H groups in total. The zero-order valence-electron chi connectivity index (χ0n) is 8.13. The maximum absolute atomic E-state index is 2.34. The Bertz CT molecular complexity index is 412. The Balaban J connectivity index is 2.64. The van der Waals surface area contributed by atoms with Crippen LogP contribution in [0.15, 0.2) is 23.6 Å². The highest BCUT2D eigenvalue weighted by atomic mass is 32.1. The van der Waals surface area contributed by atoms with Crippen LogP contribution >= 0.6 is 11.3 Å². The quantitative estimate of drug-likeness (QED) is 0.670. The molecule has 0 nitrogen and oxygen atoms in total. The van der Waals surface area contributed by atoms with E-state index in [4.69, 9.17) is 0 Å². The Morgan fingerprint density at radius 1 is 1.15 bits per heavy atom. The van der Waals surface area contributed by atoms with Crippen molar-refractivity contribution in [3.63, 3.8) is 0 Å². The third-order valence-electron chi connectivity index (χ3n) is 2.51. The van der Waals surface area contributed by atoms with Gasteiger partial charge in [0, 0.05) is 4.70 Å². The zero-order valence-corrected chi connectivity index (χ0v) is 8.95. The summed E-state index contributed by atoms with van der Waals surface area (Å²) in [6.07, 6.45) is 2.28. The zero-order chi connectivity index (χ0) is 9.26. The van der Waals surface area contributed by atoms with Crippen LogP contribution in [0, 0.1) is 0 Å². The van der Waals surface area contributed by atoms with Crippen LogP contribution < -0.4 is 0 Å². The van der Waals surface area contributed by atoms with Gasteiger partial charge in [0.05, 0.1) is 0 Å². The Hall–Kier alpha value is -0.820. The van der Waals surface area contributed by atoms with Gasteiger partial charge in [-0.05, 0) is 40.8 Å². The van der Waals surface area contributed by atoms with Crippen LogP contribution in [0.5, 0.6) is 0 Å². The lowest BCUT2D eigenvalue weighted by atomic mass is 10.1. The SMILES string of the molecule is CCc1ccc2scc(CC)c2c1. The number of hydrogen-bond donors (Lipinski definition) is 0. The van der Waals surface area contributed by atoms with Crippen LogP contribution in [-0.2, 0) is 12.8 Å². The number of rotatable bonds is 2. The number of benzene rings is 1. The van der Waals surface area contributed by atoms with Gasteiger partial charge in [0.2, 0.25) is 0 Å². The standard InChI is InChI=1S/C12H14S/c1-3-9-5-6-12-11(7-9)10(4-2)8-13-12/h5-8H,3-4H2,1-2H3. The average Bonchev–Trinajstić information content (AvgIpc) is 2.59. The number of hydrogen-bond acceptors (Lipinski definition) is 1. The van der Waals surface area contributed by atoms with Gasteiger partial charge in [0.15, 0.2) is 0 Å². The highest BCUT2D eigenvalue weighted by Gasteiger charge is 2.02. The summed E-state index contributed by atoms with van der Waals surface area (Å²) in [6.45, 7) is 4.43. The second-order valence-corrected chi connectivity index (χ2v) is 4.21. The molecule has 0 spiro atoms. The molecule has 0 saturated heterocycles. The van der Waals surface area contributed by atoms with Crippen molar-refractivity contribution in [3.8, 4) is 0 Å². The molecule has 0 aliphatic heterocycles. The van der Waals surface area contributed by atoms with Crippen molar-refractivity contribution in [2.45, 2.75) is 26.7 Å². The molecular weight excluding hydrogens is 176 g/mol. The van der Waals surface area contributed by atoms with E-state index in [0.29, 0.717) is 0 Å². The minimum Gasteiger partial charge on any atom is -0.144 e. The Labute approximate surface area is 83.2 Å². The fourth-order valence-corrected chi connectivity index (χ4v) is 2.65. The molecule has 1 aromatic carbocycles. The molecular formula is C12H14S. The van der Waals surface area contributed by atoms with Crippen LogP contribution in [0.3, 0.4) is 0 Å². The Morgan fingerprint density at radius 3 is 2.69 bits per heavy atom. The topological polar surface area (TPSA) is 0 Å². The van der Waals surface area contributed by atoms with Crippen molar-refractivity contribution in [2.24, 2.45) is 0 Å². The van der Waals surface area contributed by atoms with E-state index in [1.165, 1.54) is 21.2 Å². The van der Waals surface area contributed by atoms with Gasteiger partial charge in [-0.1, -0.05) is 26.0 Å². The number of thiophene rings is 1. The molecule has 0 bridgehead atoms. The number of fused-ring (bicyclic) bond motifs is 1. The first-order chi connectivity index (χ1) is 6.35. The van der Waals surface area contributed by atoms with Crippen molar-refractivity contribution >= 4 is 21.4 Å². The van der Waals surface area contributed by atoms with E-state index in [1.54, 1.807) is 0 Å². The summed E-state index contributed by atoms with van der Waals surface area (Å²) in [5.74, 6) is 0. The van der Waals surface area contributed by atoms with Crippen LogP contribution in [0.25, 0.3) is 10.1 Å². The lowest BCUT2D eigenvalue weighted by molar-refractivity contribution is 1.14. The van der Waals surface area contributed by atoms with E-state index in [-0.39, 0.29) is 0 Å². The third kappa shape index (κ3) is 1.49. The molecule has 1 heteroatoms. The van der Waals surface area contributed by atoms with Crippen molar-refractivity contribution in [3.05, 3.63) is 34.7 Å². The van der Waals surface area contributed by atoms with Crippen molar-refractivity contribution in [1.29, 1.82) is 0 Å². The van der Waals surface area contributed by atoms with Gasteiger partial charge in [-0.15, -0.1) is 11.3 Å². The minimum absolute atomic E-state index is 1.13. The van der Waals surface area contributed by atoms with Gasteiger partial charge >= 0.3 is 0 Å². The molecule has 0 aliphatic rings. The van der Waals surface area contributed by atoms with E-state index in [0.717, 1.165) is 12.8 Å². The smallest absolute Gasteiger partial charge is 0.0345 e. The fourth-order valence-electron chi connectivity index (χ4n) is 1.62. The largest absolute Gasteiger partial charge is 0.144 e. The highest BCUT2D eigenvalue weighted by molar-refractivity contribution is 7.17. The average molecular weight is 190 g/mol. The monoisotopic (exact) mass is 190 g/mol. The second kappa shape index (κ2) is 3.51. The fraction of sp³-hybridized carbons (Fsp3) is 0.333. The highest BCUT2D eigenvalue weighted by Crippen LogP contribution is 2.27. The molecule has 0 saturated carbocycles. The van der Waals surface area contributed by atoms with E-state index in [2.05, 4.69) is 37.4 Å². The van der Waals surface area contributed by atoms with Crippen LogP contribution in [0.2, 0.25) is 0 Å². The lowest BCUT2D eigenvalue weighted by Crippen LogP contribution is -1.80. The van der Waals surface area contributed by atoms with Gasteiger partial charge < -0.3 is 0 Å². The minimum atomic E-state index is 1.13. The maximum atomic E-state index is 2.34. The lowest BCUT2D eigenvalue weighted by Gasteiger charge is -1.98. The van der Waals surface area contributed by atoms with Crippen LogP contribution in [0.4, 0.5) is 0 Å².